The highest BCUT2D eigenvalue weighted by molar-refractivity contribution is 6.18. The molecule has 98 valence electrons. The highest BCUT2D eigenvalue weighted by Crippen LogP contribution is 2.31. The number of allylic oxidation sites excluding steroid dienone is 1. The number of amides is 1. The van der Waals surface area contributed by atoms with E-state index in [1.165, 1.54) is 5.56 Å². The molecular weight excluding hydrogens is 236 g/mol. The topological polar surface area (TPSA) is 32.7 Å². The molecule has 1 aliphatic heterocycles. The van der Waals surface area contributed by atoms with Gasteiger partial charge in [0.2, 0.25) is 5.91 Å². The second kappa shape index (κ2) is 4.65. The zero-order valence-electron chi connectivity index (χ0n) is 11.3. The lowest BCUT2D eigenvalue weighted by atomic mass is 9.86. The molecule has 2 atom stereocenters. The van der Waals surface area contributed by atoms with E-state index in [1.807, 2.05) is 38.1 Å². The Morgan fingerprint density at radius 2 is 1.79 bits per heavy atom. The molecule has 0 spiro atoms. The Balaban J connectivity index is 1.98. The molecule has 0 bridgehead atoms. The Hall–Kier alpha value is -1.90. The summed E-state index contributed by atoms with van der Waals surface area (Å²) in [5.41, 5.74) is 2.12. The molecule has 1 aromatic carbocycles. The number of benzene rings is 1. The average Bonchev–Trinajstić information content (AvgIpc) is 2.41. The normalized spacial score (nSPS) is 26.1. The summed E-state index contributed by atoms with van der Waals surface area (Å²) in [6.45, 7) is 3.97. The van der Waals surface area contributed by atoms with Gasteiger partial charge in [-0.25, -0.2) is 0 Å². The van der Waals surface area contributed by atoms with Crippen LogP contribution in [-0.4, -0.2) is 17.8 Å². The van der Waals surface area contributed by atoms with Crippen molar-refractivity contribution in [1.29, 1.82) is 0 Å². The fourth-order valence-electron chi connectivity index (χ4n) is 2.84. The monoisotopic (exact) mass is 254 g/mol. The second-order valence-corrected chi connectivity index (χ2v) is 5.30. The minimum absolute atomic E-state index is 0.00926. The quantitative estimate of drug-likeness (QED) is 0.709. The van der Waals surface area contributed by atoms with Crippen LogP contribution in [0.2, 0.25) is 0 Å². The van der Waals surface area contributed by atoms with Crippen molar-refractivity contribution in [3.05, 3.63) is 42.0 Å². The second-order valence-electron chi connectivity index (χ2n) is 5.30. The Morgan fingerprint density at radius 3 is 2.53 bits per heavy atom. The zero-order valence-corrected chi connectivity index (χ0v) is 11.3. The lowest BCUT2D eigenvalue weighted by Gasteiger charge is -2.36. The molecule has 0 fully saturated rings. The van der Waals surface area contributed by atoms with Crippen LogP contribution in [0, 0.1) is 12.8 Å². The number of amidine groups is 1. The largest absolute Gasteiger partial charge is 0.274 e. The van der Waals surface area contributed by atoms with Gasteiger partial charge in [-0.05, 0) is 38.8 Å². The number of aliphatic imine (C=N–C) groups is 1. The molecule has 0 aromatic heterocycles. The number of hydrogen-bond acceptors (Lipinski definition) is 2. The molecule has 1 aromatic rings. The first-order valence-corrected chi connectivity index (χ1v) is 6.77. The third-order valence-corrected chi connectivity index (χ3v) is 3.90. The molecule has 3 rings (SSSR count). The first-order valence-electron chi connectivity index (χ1n) is 6.77. The Labute approximate surface area is 113 Å². The molecule has 0 saturated carbocycles. The summed E-state index contributed by atoms with van der Waals surface area (Å²) < 4.78 is 0. The van der Waals surface area contributed by atoms with E-state index in [-0.39, 0.29) is 17.9 Å². The van der Waals surface area contributed by atoms with Crippen LogP contribution in [-0.2, 0) is 4.79 Å². The van der Waals surface area contributed by atoms with Crippen LogP contribution in [0.1, 0.15) is 25.3 Å². The lowest BCUT2D eigenvalue weighted by Crippen LogP contribution is -2.48. The minimum atomic E-state index is 0.00926. The molecule has 3 heteroatoms. The molecule has 1 heterocycles. The fraction of sp³-hybridized carbons (Fsp3) is 0.375. The minimum Gasteiger partial charge on any atom is -0.274 e. The molecular formula is C16H18N2O. The van der Waals surface area contributed by atoms with Crippen molar-refractivity contribution < 1.29 is 4.79 Å². The van der Waals surface area contributed by atoms with Crippen molar-refractivity contribution in [3.8, 4) is 0 Å². The summed E-state index contributed by atoms with van der Waals surface area (Å²) in [6.07, 6.45) is 5.92. The lowest BCUT2D eigenvalue weighted by molar-refractivity contribution is -0.122. The van der Waals surface area contributed by atoms with Gasteiger partial charge in [-0.3, -0.25) is 14.7 Å². The molecule has 0 N–H and O–H groups in total. The summed E-state index contributed by atoms with van der Waals surface area (Å²) >= 11 is 0. The first kappa shape index (κ1) is 12.2. The van der Waals surface area contributed by atoms with E-state index in [9.17, 15) is 4.79 Å². The fourth-order valence-corrected chi connectivity index (χ4v) is 2.84. The number of carbonyl (C=O) groups is 1. The number of rotatable bonds is 1. The number of hydrogen-bond donors (Lipinski definition) is 0. The molecule has 0 unspecified atom stereocenters. The van der Waals surface area contributed by atoms with Crippen LogP contribution in [0.4, 0.5) is 5.69 Å². The van der Waals surface area contributed by atoms with Crippen LogP contribution >= 0.6 is 0 Å². The van der Waals surface area contributed by atoms with Gasteiger partial charge in [0.1, 0.15) is 5.84 Å². The molecule has 1 aliphatic carbocycles. The maximum absolute atomic E-state index is 12.7. The standard InChI is InChI=1S/C16H18N2O/c1-11-7-9-13(10-8-11)18-12(2)17-15-6-4-3-5-14(15)16(18)19/h3-4,7-10,14-15H,5-6H2,1-2H3/t14-,15+/m1/s1. The van der Waals surface area contributed by atoms with Crippen molar-refractivity contribution in [1.82, 2.24) is 0 Å². The summed E-state index contributed by atoms with van der Waals surface area (Å²) in [7, 11) is 0. The molecule has 3 nitrogen and oxygen atoms in total. The predicted molar refractivity (Wildman–Crippen MR) is 77.4 cm³/mol. The van der Waals surface area contributed by atoms with Gasteiger partial charge in [0.05, 0.1) is 17.6 Å². The van der Waals surface area contributed by atoms with Gasteiger partial charge in [-0.2, -0.15) is 0 Å². The third kappa shape index (κ3) is 2.09. The van der Waals surface area contributed by atoms with E-state index in [2.05, 4.69) is 12.2 Å². The van der Waals surface area contributed by atoms with Crippen molar-refractivity contribution in [3.63, 3.8) is 0 Å². The number of nitrogens with zero attached hydrogens (tertiary/aromatic N) is 2. The van der Waals surface area contributed by atoms with Gasteiger partial charge in [0.15, 0.2) is 0 Å². The summed E-state index contributed by atoms with van der Waals surface area (Å²) in [4.78, 5) is 19.1. The third-order valence-electron chi connectivity index (χ3n) is 3.90. The summed E-state index contributed by atoms with van der Waals surface area (Å²) in [6, 6.07) is 8.18. The number of anilines is 1. The van der Waals surface area contributed by atoms with Gasteiger partial charge in [0.25, 0.3) is 0 Å². The SMILES string of the molecule is CC1=N[C@H]2CC=CC[C@H]2C(=O)N1c1ccc(C)cc1. The van der Waals surface area contributed by atoms with Crippen molar-refractivity contribution >= 4 is 17.4 Å². The zero-order chi connectivity index (χ0) is 13.4. The number of carbonyl (C=O) groups excluding carboxylic acids is 1. The van der Waals surface area contributed by atoms with Crippen LogP contribution in [0.5, 0.6) is 0 Å². The maximum Gasteiger partial charge on any atom is 0.238 e. The molecule has 0 saturated heterocycles. The smallest absolute Gasteiger partial charge is 0.238 e. The van der Waals surface area contributed by atoms with E-state index in [0.717, 1.165) is 24.4 Å². The van der Waals surface area contributed by atoms with Crippen LogP contribution in [0.25, 0.3) is 0 Å². The van der Waals surface area contributed by atoms with Crippen molar-refractivity contribution in [2.45, 2.75) is 32.7 Å². The van der Waals surface area contributed by atoms with Gasteiger partial charge in [-0.15, -0.1) is 0 Å². The molecule has 19 heavy (non-hydrogen) atoms. The average molecular weight is 254 g/mol. The summed E-state index contributed by atoms with van der Waals surface area (Å²) in [5, 5.41) is 0. The van der Waals surface area contributed by atoms with E-state index in [1.54, 1.807) is 4.90 Å². The van der Waals surface area contributed by atoms with E-state index >= 15 is 0 Å². The molecule has 2 aliphatic rings. The number of aryl methyl sites for hydroxylation is 1. The van der Waals surface area contributed by atoms with Crippen molar-refractivity contribution in [2.24, 2.45) is 10.9 Å². The van der Waals surface area contributed by atoms with Gasteiger partial charge in [-0.1, -0.05) is 29.8 Å². The van der Waals surface area contributed by atoms with E-state index in [4.69, 9.17) is 4.99 Å². The summed E-state index contributed by atoms with van der Waals surface area (Å²) in [5.74, 6) is 1.01. The first-order chi connectivity index (χ1) is 9.16. The van der Waals surface area contributed by atoms with Gasteiger partial charge in [0, 0.05) is 0 Å². The number of fused-ring (bicyclic) bond motifs is 1. The van der Waals surface area contributed by atoms with Crippen LogP contribution < -0.4 is 4.90 Å². The van der Waals surface area contributed by atoms with Gasteiger partial charge >= 0.3 is 0 Å². The maximum atomic E-state index is 12.7. The van der Waals surface area contributed by atoms with Crippen LogP contribution in [0.3, 0.4) is 0 Å². The Bertz CT molecular complexity index is 557. The molecule has 1 amide bonds. The van der Waals surface area contributed by atoms with Crippen LogP contribution in [0.15, 0.2) is 41.4 Å². The highest BCUT2D eigenvalue weighted by atomic mass is 16.2. The Morgan fingerprint density at radius 1 is 1.11 bits per heavy atom. The van der Waals surface area contributed by atoms with E-state index in [0.29, 0.717) is 0 Å². The predicted octanol–water partition coefficient (Wildman–Crippen LogP) is 3.09. The Kier molecular flexibility index (Phi) is 2.97. The van der Waals surface area contributed by atoms with E-state index < -0.39 is 0 Å². The molecule has 0 radical (unpaired) electrons. The van der Waals surface area contributed by atoms with Crippen molar-refractivity contribution in [2.75, 3.05) is 4.90 Å². The van der Waals surface area contributed by atoms with Gasteiger partial charge < -0.3 is 0 Å². The highest BCUT2D eigenvalue weighted by Gasteiger charge is 2.37.